The molecule has 1 N–H and O–H groups in total. The molecule has 1 atom stereocenters. The fourth-order valence-corrected chi connectivity index (χ4v) is 2.91. The Bertz CT molecular complexity index is 587. The van der Waals surface area contributed by atoms with E-state index in [-0.39, 0.29) is 17.6 Å². The lowest BCUT2D eigenvalue weighted by Crippen LogP contribution is -2.33. The van der Waals surface area contributed by atoms with Gasteiger partial charge < -0.3 is 4.74 Å². The number of aromatic amines is 1. The molecule has 21 heavy (non-hydrogen) atoms. The maximum absolute atomic E-state index is 13.8. The van der Waals surface area contributed by atoms with Crippen LogP contribution in [0.25, 0.3) is 0 Å². The second-order valence-corrected chi connectivity index (χ2v) is 5.32. The van der Waals surface area contributed by atoms with Crippen LogP contribution in [0, 0.1) is 5.82 Å². The molecular formula is C15H19FN4O. The molecule has 5 nitrogen and oxygen atoms in total. The number of piperidine rings is 1. The van der Waals surface area contributed by atoms with Gasteiger partial charge in [-0.25, -0.2) is 9.37 Å². The fraction of sp³-hybridized carbons (Fsp3) is 0.467. The van der Waals surface area contributed by atoms with Crippen molar-refractivity contribution in [3.05, 3.63) is 41.7 Å². The second-order valence-electron chi connectivity index (χ2n) is 5.32. The van der Waals surface area contributed by atoms with Gasteiger partial charge in [-0.15, -0.1) is 0 Å². The van der Waals surface area contributed by atoms with E-state index in [0.29, 0.717) is 6.54 Å². The van der Waals surface area contributed by atoms with E-state index in [1.807, 2.05) is 6.07 Å². The summed E-state index contributed by atoms with van der Waals surface area (Å²) in [5.41, 5.74) is 0.944. The SMILES string of the molecule is COc1ccc(CN2CCCCC2c2ncn[nH]2)cc1F. The smallest absolute Gasteiger partial charge is 0.165 e. The Hall–Kier alpha value is -1.95. The molecule has 1 fully saturated rings. The number of hydrogen-bond donors (Lipinski definition) is 1. The number of ether oxygens (including phenoxy) is 1. The van der Waals surface area contributed by atoms with Gasteiger partial charge in [-0.05, 0) is 37.1 Å². The molecule has 3 rings (SSSR count). The molecule has 0 bridgehead atoms. The zero-order chi connectivity index (χ0) is 14.7. The van der Waals surface area contributed by atoms with Crippen LogP contribution in [0.4, 0.5) is 4.39 Å². The van der Waals surface area contributed by atoms with Gasteiger partial charge >= 0.3 is 0 Å². The van der Waals surface area contributed by atoms with Gasteiger partial charge in [0.2, 0.25) is 0 Å². The first-order chi connectivity index (χ1) is 10.3. The molecule has 0 aliphatic carbocycles. The largest absolute Gasteiger partial charge is 0.494 e. The van der Waals surface area contributed by atoms with Crippen molar-refractivity contribution in [3.8, 4) is 5.75 Å². The summed E-state index contributed by atoms with van der Waals surface area (Å²) in [6.07, 6.45) is 4.92. The molecule has 6 heteroatoms. The summed E-state index contributed by atoms with van der Waals surface area (Å²) in [7, 11) is 1.47. The molecule has 1 aliphatic heterocycles. The molecular weight excluding hydrogens is 271 g/mol. The highest BCUT2D eigenvalue weighted by Gasteiger charge is 2.26. The summed E-state index contributed by atoms with van der Waals surface area (Å²) in [4.78, 5) is 6.60. The third-order valence-corrected chi connectivity index (χ3v) is 3.96. The Morgan fingerprint density at radius 3 is 3.05 bits per heavy atom. The van der Waals surface area contributed by atoms with Crippen molar-refractivity contribution in [2.24, 2.45) is 0 Å². The van der Waals surface area contributed by atoms with Crippen molar-refractivity contribution >= 4 is 0 Å². The Morgan fingerprint density at radius 1 is 1.43 bits per heavy atom. The van der Waals surface area contributed by atoms with Crippen LogP contribution in [0.15, 0.2) is 24.5 Å². The maximum atomic E-state index is 13.8. The van der Waals surface area contributed by atoms with E-state index in [1.165, 1.54) is 19.9 Å². The lowest BCUT2D eigenvalue weighted by atomic mass is 10.0. The van der Waals surface area contributed by atoms with Gasteiger partial charge in [0.1, 0.15) is 12.2 Å². The maximum Gasteiger partial charge on any atom is 0.165 e. The van der Waals surface area contributed by atoms with Gasteiger partial charge in [0.25, 0.3) is 0 Å². The Labute approximate surface area is 123 Å². The number of aromatic nitrogens is 3. The average Bonchev–Trinajstić information content (AvgIpc) is 3.02. The number of rotatable bonds is 4. The third kappa shape index (κ3) is 3.05. The summed E-state index contributed by atoms with van der Waals surface area (Å²) in [6, 6.07) is 5.36. The lowest BCUT2D eigenvalue weighted by molar-refractivity contribution is 0.134. The highest BCUT2D eigenvalue weighted by atomic mass is 19.1. The Kier molecular flexibility index (Phi) is 4.15. The van der Waals surface area contributed by atoms with Gasteiger partial charge in [-0.3, -0.25) is 10.00 Å². The van der Waals surface area contributed by atoms with E-state index in [2.05, 4.69) is 20.1 Å². The Morgan fingerprint density at radius 2 is 2.33 bits per heavy atom. The quantitative estimate of drug-likeness (QED) is 0.940. The van der Waals surface area contributed by atoms with Crippen LogP contribution >= 0.6 is 0 Å². The van der Waals surface area contributed by atoms with Crippen LogP contribution in [0.3, 0.4) is 0 Å². The minimum Gasteiger partial charge on any atom is -0.494 e. The van der Waals surface area contributed by atoms with E-state index in [0.717, 1.165) is 30.8 Å². The number of benzene rings is 1. The fourth-order valence-electron chi connectivity index (χ4n) is 2.91. The number of nitrogens with zero attached hydrogens (tertiary/aromatic N) is 3. The summed E-state index contributed by atoms with van der Waals surface area (Å²) in [6.45, 7) is 1.69. The van der Waals surface area contributed by atoms with Crippen LogP contribution in [0.1, 0.15) is 36.7 Å². The van der Waals surface area contributed by atoms with Gasteiger partial charge in [0.05, 0.1) is 13.2 Å². The van der Waals surface area contributed by atoms with E-state index < -0.39 is 0 Å². The zero-order valence-electron chi connectivity index (χ0n) is 12.1. The highest BCUT2D eigenvalue weighted by Crippen LogP contribution is 2.30. The van der Waals surface area contributed by atoms with Crippen molar-refractivity contribution in [2.75, 3.05) is 13.7 Å². The molecule has 1 aromatic heterocycles. The van der Waals surface area contributed by atoms with Crippen molar-refractivity contribution in [3.63, 3.8) is 0 Å². The van der Waals surface area contributed by atoms with E-state index >= 15 is 0 Å². The van der Waals surface area contributed by atoms with Crippen LogP contribution < -0.4 is 4.74 Å². The summed E-state index contributed by atoms with van der Waals surface area (Å²) in [5.74, 6) is 0.857. The van der Waals surface area contributed by atoms with Crippen LogP contribution in [0.2, 0.25) is 0 Å². The minimum atomic E-state index is -0.316. The average molecular weight is 290 g/mol. The monoisotopic (exact) mass is 290 g/mol. The normalized spacial score (nSPS) is 19.6. The molecule has 1 aromatic carbocycles. The first kappa shape index (κ1) is 14.0. The molecule has 0 spiro atoms. The molecule has 2 heterocycles. The minimum absolute atomic E-state index is 0.228. The van der Waals surface area contributed by atoms with Crippen molar-refractivity contribution < 1.29 is 9.13 Å². The van der Waals surface area contributed by atoms with Gasteiger partial charge in [-0.2, -0.15) is 5.10 Å². The van der Waals surface area contributed by atoms with Crippen LogP contribution in [0.5, 0.6) is 5.75 Å². The summed E-state index contributed by atoms with van der Waals surface area (Å²) in [5, 5.41) is 6.89. The molecule has 2 aromatic rings. The number of likely N-dealkylation sites (tertiary alicyclic amines) is 1. The number of hydrogen-bond acceptors (Lipinski definition) is 4. The van der Waals surface area contributed by atoms with E-state index in [4.69, 9.17) is 4.74 Å². The number of nitrogens with one attached hydrogen (secondary N) is 1. The molecule has 112 valence electrons. The topological polar surface area (TPSA) is 54.0 Å². The lowest BCUT2D eigenvalue weighted by Gasteiger charge is -2.34. The standard InChI is InChI=1S/C15H19FN4O/c1-21-14-6-5-11(8-12(14)16)9-20-7-3-2-4-13(20)15-17-10-18-19-15/h5-6,8,10,13H,2-4,7,9H2,1H3,(H,17,18,19). The van der Waals surface area contributed by atoms with Crippen LogP contribution in [-0.4, -0.2) is 33.7 Å². The third-order valence-electron chi connectivity index (χ3n) is 3.96. The first-order valence-corrected chi connectivity index (χ1v) is 7.19. The molecule has 1 saturated heterocycles. The molecule has 1 aliphatic rings. The van der Waals surface area contributed by atoms with Crippen molar-refractivity contribution in [1.82, 2.24) is 20.1 Å². The Balaban J connectivity index is 1.77. The summed E-state index contributed by atoms with van der Waals surface area (Å²) < 4.78 is 18.8. The molecule has 1 unspecified atom stereocenters. The highest BCUT2D eigenvalue weighted by molar-refractivity contribution is 5.29. The van der Waals surface area contributed by atoms with Crippen LogP contribution in [-0.2, 0) is 6.54 Å². The number of halogens is 1. The molecule has 0 radical (unpaired) electrons. The predicted molar refractivity (Wildman–Crippen MR) is 76.3 cm³/mol. The number of H-pyrrole nitrogens is 1. The zero-order valence-corrected chi connectivity index (χ0v) is 12.1. The predicted octanol–water partition coefficient (Wildman–Crippen LogP) is 2.68. The van der Waals surface area contributed by atoms with Gasteiger partial charge in [0, 0.05) is 6.54 Å². The molecule has 0 saturated carbocycles. The summed E-state index contributed by atoms with van der Waals surface area (Å²) >= 11 is 0. The van der Waals surface area contributed by atoms with Crippen molar-refractivity contribution in [2.45, 2.75) is 31.8 Å². The van der Waals surface area contributed by atoms with E-state index in [9.17, 15) is 4.39 Å². The van der Waals surface area contributed by atoms with E-state index in [1.54, 1.807) is 12.1 Å². The first-order valence-electron chi connectivity index (χ1n) is 7.19. The van der Waals surface area contributed by atoms with Gasteiger partial charge in [-0.1, -0.05) is 12.5 Å². The second kappa shape index (κ2) is 6.22. The van der Waals surface area contributed by atoms with Gasteiger partial charge in [0.15, 0.2) is 11.6 Å². The number of methoxy groups -OCH3 is 1. The van der Waals surface area contributed by atoms with Crippen molar-refractivity contribution in [1.29, 1.82) is 0 Å². The molecule has 0 amide bonds.